The van der Waals surface area contributed by atoms with E-state index in [1.165, 1.54) is 10.8 Å². The third kappa shape index (κ3) is 4.00. The highest BCUT2D eigenvalue weighted by Gasteiger charge is 2.12. The van der Waals surface area contributed by atoms with Crippen molar-refractivity contribution in [1.29, 1.82) is 0 Å². The lowest BCUT2D eigenvalue weighted by Gasteiger charge is -2.03. The quantitative estimate of drug-likeness (QED) is 0.253. The van der Waals surface area contributed by atoms with E-state index >= 15 is 0 Å². The maximum Gasteiger partial charge on any atom is 0.287 e. The molecule has 0 spiro atoms. The van der Waals surface area contributed by atoms with Crippen molar-refractivity contribution in [3.05, 3.63) is 109 Å². The molecule has 146 valence electrons. The summed E-state index contributed by atoms with van der Waals surface area (Å²) < 4.78 is 1.82. The summed E-state index contributed by atoms with van der Waals surface area (Å²) in [5.41, 5.74) is 2.68. The van der Waals surface area contributed by atoms with E-state index < -0.39 is 0 Å². The molecule has 5 rings (SSSR count). The number of Topliss-reactive ketones (excluding diaryl/α,β-unsaturated/α-hetero) is 1. The summed E-state index contributed by atoms with van der Waals surface area (Å²) in [7, 11) is 0. The van der Waals surface area contributed by atoms with Gasteiger partial charge in [-0.05, 0) is 44.7 Å². The van der Waals surface area contributed by atoms with E-state index in [4.69, 9.17) is 0 Å². The Morgan fingerprint density at radius 2 is 1.37 bits per heavy atom. The van der Waals surface area contributed by atoms with Crippen molar-refractivity contribution in [3.8, 4) is 11.3 Å². The van der Waals surface area contributed by atoms with Crippen molar-refractivity contribution in [2.24, 2.45) is 0 Å². The van der Waals surface area contributed by atoms with Gasteiger partial charge in [0, 0.05) is 17.2 Å². The molecule has 3 nitrogen and oxygen atoms in total. The van der Waals surface area contributed by atoms with Crippen LogP contribution in [0, 0.1) is 0 Å². The van der Waals surface area contributed by atoms with E-state index in [2.05, 4.69) is 35.3 Å². The van der Waals surface area contributed by atoms with Gasteiger partial charge in [0.15, 0.2) is 12.2 Å². The van der Waals surface area contributed by atoms with Gasteiger partial charge in [0.1, 0.15) is 0 Å². The van der Waals surface area contributed by atoms with Crippen molar-refractivity contribution in [3.63, 3.8) is 0 Å². The number of halogens is 1. The normalized spacial score (nSPS) is 10.7. The number of carbonyl (C=O) groups is 1. The molecule has 0 saturated carbocycles. The van der Waals surface area contributed by atoms with Gasteiger partial charge in [-0.1, -0.05) is 66.7 Å². The number of rotatable bonds is 4. The lowest BCUT2D eigenvalue weighted by Crippen LogP contribution is -2.37. The molecule has 0 fully saturated rings. The number of fused-ring (bicyclic) bond motifs is 2. The van der Waals surface area contributed by atoms with Gasteiger partial charge in [0.2, 0.25) is 5.78 Å². The Hall–Kier alpha value is -3.37. The number of hydrogen-bond donors (Lipinski definition) is 0. The van der Waals surface area contributed by atoms with E-state index in [9.17, 15) is 4.79 Å². The van der Waals surface area contributed by atoms with Gasteiger partial charge in [-0.3, -0.25) is 4.79 Å². The van der Waals surface area contributed by atoms with Crippen LogP contribution in [0.5, 0.6) is 0 Å². The van der Waals surface area contributed by atoms with Gasteiger partial charge in [0.25, 0.3) is 6.33 Å². The van der Waals surface area contributed by atoms with Crippen LogP contribution in [0.1, 0.15) is 10.4 Å². The topological polar surface area (TPSA) is 33.8 Å². The van der Waals surface area contributed by atoms with Crippen molar-refractivity contribution >= 4 is 44.3 Å². The second kappa shape index (κ2) is 8.56. The van der Waals surface area contributed by atoms with Gasteiger partial charge in [-0.15, -0.1) is 17.0 Å². The van der Waals surface area contributed by atoms with Crippen LogP contribution in [-0.2, 0) is 6.54 Å². The Morgan fingerprint density at radius 3 is 2.03 bits per heavy atom. The Labute approximate surface area is 185 Å². The molecule has 0 saturated heterocycles. The molecule has 0 unspecified atom stereocenters. The zero-order valence-corrected chi connectivity index (χ0v) is 17.9. The van der Waals surface area contributed by atoms with Gasteiger partial charge in [-0.25, -0.2) is 4.57 Å². The fourth-order valence-electron chi connectivity index (χ4n) is 3.62. The molecule has 0 aliphatic carbocycles. The zero-order valence-electron chi connectivity index (χ0n) is 16.2. The molecule has 4 heteroatoms. The lowest BCUT2D eigenvalue weighted by molar-refractivity contribution is -0.686. The molecular formula is C26H20BrN2O+. The molecule has 5 aromatic rings. The molecule has 0 aliphatic heterocycles. The average molecular weight is 456 g/mol. The minimum absolute atomic E-state index is 0. The third-order valence-electron chi connectivity index (χ3n) is 5.21. The first-order chi connectivity index (χ1) is 14.3. The number of benzene rings is 4. The largest absolute Gasteiger partial charge is 0.290 e. The molecular weight excluding hydrogens is 436 g/mol. The van der Waals surface area contributed by atoms with Crippen LogP contribution in [0.3, 0.4) is 0 Å². The van der Waals surface area contributed by atoms with Crippen LogP contribution >= 0.6 is 17.0 Å². The smallest absolute Gasteiger partial charge is 0.287 e. The minimum atomic E-state index is 0. The summed E-state index contributed by atoms with van der Waals surface area (Å²) in [6.07, 6.45) is 3.64. The summed E-state index contributed by atoms with van der Waals surface area (Å²) in [6.45, 7) is 0.267. The van der Waals surface area contributed by atoms with Gasteiger partial charge in [-0.2, -0.15) is 0 Å². The minimum Gasteiger partial charge on any atom is -0.290 e. The molecule has 0 N–H and O–H groups in total. The van der Waals surface area contributed by atoms with Crippen LogP contribution in [0.2, 0.25) is 0 Å². The maximum absolute atomic E-state index is 12.7. The van der Waals surface area contributed by atoms with Gasteiger partial charge in [0.05, 0.1) is 6.20 Å². The van der Waals surface area contributed by atoms with Crippen molar-refractivity contribution < 1.29 is 9.36 Å². The summed E-state index contributed by atoms with van der Waals surface area (Å²) in [4.78, 5) is 17.3. The highest BCUT2D eigenvalue weighted by atomic mass is 79.9. The van der Waals surface area contributed by atoms with Crippen LogP contribution in [-0.4, -0.2) is 10.8 Å². The summed E-state index contributed by atoms with van der Waals surface area (Å²) in [5.74, 6) is 0.0704. The first-order valence-electron chi connectivity index (χ1n) is 9.62. The van der Waals surface area contributed by atoms with Crippen LogP contribution in [0.15, 0.2) is 104 Å². The van der Waals surface area contributed by atoms with E-state index in [-0.39, 0.29) is 29.3 Å². The molecule has 0 atom stereocenters. The summed E-state index contributed by atoms with van der Waals surface area (Å²) >= 11 is 0. The van der Waals surface area contributed by atoms with E-state index in [0.717, 1.165) is 27.6 Å². The molecule has 0 aliphatic rings. The number of ketones is 1. The second-order valence-electron chi connectivity index (χ2n) is 7.16. The SMILES string of the molecule is Br.O=C(C[n+]1ccc(-c2ccc3ccccc3c2)nc1)c1ccc2ccccc2c1. The van der Waals surface area contributed by atoms with Gasteiger partial charge < -0.3 is 0 Å². The molecule has 0 amide bonds. The van der Waals surface area contributed by atoms with Crippen molar-refractivity contribution in [1.82, 2.24) is 4.98 Å². The predicted octanol–water partition coefficient (Wildman–Crippen LogP) is 5.80. The van der Waals surface area contributed by atoms with Crippen molar-refractivity contribution in [2.75, 3.05) is 0 Å². The standard InChI is InChI=1S/C26H19N2O.BrH/c29-26(24-12-10-20-6-2-4-8-22(20)16-24)17-28-14-13-25(27-18-28)23-11-9-19-5-1-3-7-21(19)15-23;/h1-16,18H,17H2;1H/q+1;. The second-order valence-corrected chi connectivity index (χ2v) is 7.16. The van der Waals surface area contributed by atoms with E-state index in [1.54, 1.807) is 6.33 Å². The molecule has 0 bridgehead atoms. The molecule has 4 aromatic carbocycles. The average Bonchev–Trinajstić information content (AvgIpc) is 2.79. The summed E-state index contributed by atoms with van der Waals surface area (Å²) in [6, 6.07) is 30.5. The first-order valence-corrected chi connectivity index (χ1v) is 9.62. The van der Waals surface area contributed by atoms with Crippen molar-refractivity contribution in [2.45, 2.75) is 6.54 Å². The van der Waals surface area contributed by atoms with E-state index in [1.807, 2.05) is 71.4 Å². The Morgan fingerprint density at radius 1 is 0.733 bits per heavy atom. The monoisotopic (exact) mass is 455 g/mol. The number of carbonyl (C=O) groups excluding carboxylic acids is 1. The number of nitrogens with zero attached hydrogens (tertiary/aromatic N) is 2. The Bertz CT molecular complexity index is 1350. The fraction of sp³-hybridized carbons (Fsp3) is 0.0385. The Kier molecular flexibility index (Phi) is 5.68. The maximum atomic E-state index is 12.7. The number of hydrogen-bond acceptors (Lipinski definition) is 2. The van der Waals surface area contributed by atoms with E-state index in [0.29, 0.717) is 0 Å². The Balaban J connectivity index is 0.00000218. The van der Waals surface area contributed by atoms with Gasteiger partial charge >= 0.3 is 0 Å². The molecule has 30 heavy (non-hydrogen) atoms. The predicted molar refractivity (Wildman–Crippen MR) is 126 cm³/mol. The molecule has 1 heterocycles. The third-order valence-corrected chi connectivity index (χ3v) is 5.21. The highest BCUT2D eigenvalue weighted by Crippen LogP contribution is 2.22. The lowest BCUT2D eigenvalue weighted by atomic mass is 10.0. The first kappa shape index (κ1) is 19.9. The van der Waals surface area contributed by atoms with Crippen LogP contribution in [0.25, 0.3) is 32.8 Å². The zero-order chi connectivity index (χ0) is 19.6. The number of aromatic nitrogens is 2. The van der Waals surface area contributed by atoms with Crippen LogP contribution in [0.4, 0.5) is 0 Å². The summed E-state index contributed by atoms with van der Waals surface area (Å²) in [5, 5.41) is 4.62. The molecule has 1 aromatic heterocycles. The van der Waals surface area contributed by atoms with Crippen LogP contribution < -0.4 is 4.57 Å². The molecule has 0 radical (unpaired) electrons. The fourth-order valence-corrected chi connectivity index (χ4v) is 3.62. The highest BCUT2D eigenvalue weighted by molar-refractivity contribution is 8.93.